The van der Waals surface area contributed by atoms with E-state index in [2.05, 4.69) is 46.5 Å². The number of nitrogens with one attached hydrogen (secondary N) is 1. The normalized spacial score (nSPS) is 15.0. The van der Waals surface area contributed by atoms with Crippen LogP contribution in [-0.4, -0.2) is 25.1 Å². The Kier molecular flexibility index (Phi) is 2.92. The van der Waals surface area contributed by atoms with Gasteiger partial charge in [-0.1, -0.05) is 24.3 Å². The van der Waals surface area contributed by atoms with E-state index >= 15 is 0 Å². The van der Waals surface area contributed by atoms with E-state index in [1.165, 1.54) is 29.2 Å². The summed E-state index contributed by atoms with van der Waals surface area (Å²) in [5, 5.41) is 5.78. The number of hydrogen-bond acceptors (Lipinski definition) is 3. The van der Waals surface area contributed by atoms with Gasteiger partial charge in [0, 0.05) is 31.2 Å². The number of benzene rings is 1. The molecule has 2 aromatic rings. The minimum absolute atomic E-state index is 0.691. The maximum Gasteiger partial charge on any atom is 0.136 e. The topological polar surface area (TPSA) is 28.2 Å². The molecule has 1 aliphatic rings. The van der Waals surface area contributed by atoms with Crippen molar-refractivity contribution >= 4 is 16.6 Å². The fraction of sp³-hybridized carbons (Fsp3) is 0.400. The largest absolute Gasteiger partial charge is 0.356 e. The van der Waals surface area contributed by atoms with Crippen molar-refractivity contribution in [2.45, 2.75) is 25.4 Å². The molecule has 94 valence electrons. The first-order chi connectivity index (χ1) is 8.81. The summed E-state index contributed by atoms with van der Waals surface area (Å²) >= 11 is 0. The Bertz CT molecular complexity index is 561. The summed E-state index contributed by atoms with van der Waals surface area (Å²) in [7, 11) is 4.13. The van der Waals surface area contributed by atoms with Gasteiger partial charge >= 0.3 is 0 Å². The molecule has 3 heteroatoms. The molecule has 1 aromatic carbocycles. The first kappa shape index (κ1) is 11.5. The predicted molar refractivity (Wildman–Crippen MR) is 75.9 cm³/mol. The molecule has 0 radical (unpaired) electrons. The Morgan fingerprint density at radius 2 is 2.00 bits per heavy atom. The van der Waals surface area contributed by atoms with Gasteiger partial charge in [0.1, 0.15) is 5.82 Å². The summed E-state index contributed by atoms with van der Waals surface area (Å²) in [5.74, 6) is 1.12. The molecule has 0 aliphatic heterocycles. The molecule has 18 heavy (non-hydrogen) atoms. The maximum atomic E-state index is 4.67. The number of pyridine rings is 1. The highest BCUT2D eigenvalue weighted by molar-refractivity contribution is 5.94. The van der Waals surface area contributed by atoms with Gasteiger partial charge in [-0.2, -0.15) is 0 Å². The zero-order valence-electron chi connectivity index (χ0n) is 11.0. The van der Waals surface area contributed by atoms with E-state index in [0.29, 0.717) is 6.04 Å². The van der Waals surface area contributed by atoms with Gasteiger partial charge in [-0.05, 0) is 30.8 Å². The van der Waals surface area contributed by atoms with Crippen molar-refractivity contribution < 1.29 is 0 Å². The molecule has 0 unspecified atom stereocenters. The van der Waals surface area contributed by atoms with Crippen molar-refractivity contribution in [2.24, 2.45) is 0 Å². The van der Waals surface area contributed by atoms with Crippen LogP contribution in [0.1, 0.15) is 18.4 Å². The van der Waals surface area contributed by atoms with Gasteiger partial charge in [0.2, 0.25) is 0 Å². The van der Waals surface area contributed by atoms with Crippen LogP contribution < -0.4 is 10.2 Å². The van der Waals surface area contributed by atoms with Crippen LogP contribution in [0, 0.1) is 0 Å². The van der Waals surface area contributed by atoms with Crippen LogP contribution in [-0.2, 0) is 6.54 Å². The SMILES string of the molecule is CNCc1cnc(N(C)C2CC2)c2ccccc12. The minimum atomic E-state index is 0.691. The van der Waals surface area contributed by atoms with Gasteiger partial charge in [0.25, 0.3) is 0 Å². The quantitative estimate of drug-likeness (QED) is 0.891. The number of rotatable bonds is 4. The highest BCUT2D eigenvalue weighted by Crippen LogP contribution is 2.33. The summed E-state index contributed by atoms with van der Waals surface area (Å²) < 4.78 is 0. The lowest BCUT2D eigenvalue weighted by Gasteiger charge is -2.20. The number of hydrogen-bond donors (Lipinski definition) is 1. The fourth-order valence-corrected chi connectivity index (χ4v) is 2.48. The molecular weight excluding hydrogens is 222 g/mol. The third kappa shape index (κ3) is 1.95. The Hall–Kier alpha value is -1.61. The average molecular weight is 241 g/mol. The zero-order chi connectivity index (χ0) is 12.5. The molecule has 0 amide bonds. The van der Waals surface area contributed by atoms with Crippen LogP contribution in [0.3, 0.4) is 0 Å². The number of aromatic nitrogens is 1. The number of fused-ring (bicyclic) bond motifs is 1. The van der Waals surface area contributed by atoms with Gasteiger partial charge in [-0.3, -0.25) is 0 Å². The van der Waals surface area contributed by atoms with Crippen molar-refractivity contribution in [2.75, 3.05) is 19.0 Å². The van der Waals surface area contributed by atoms with E-state index in [0.717, 1.165) is 12.4 Å². The smallest absolute Gasteiger partial charge is 0.136 e. The Labute approximate surface area is 108 Å². The van der Waals surface area contributed by atoms with Gasteiger partial charge in [-0.15, -0.1) is 0 Å². The molecular formula is C15H19N3. The average Bonchev–Trinajstić information content (AvgIpc) is 3.23. The van der Waals surface area contributed by atoms with E-state index in [1.54, 1.807) is 0 Å². The van der Waals surface area contributed by atoms with Gasteiger partial charge in [0.15, 0.2) is 0 Å². The van der Waals surface area contributed by atoms with Crippen molar-refractivity contribution in [3.63, 3.8) is 0 Å². The maximum absolute atomic E-state index is 4.67. The summed E-state index contributed by atoms with van der Waals surface area (Å²) in [6, 6.07) is 9.25. The summed E-state index contributed by atoms with van der Waals surface area (Å²) in [4.78, 5) is 7.00. The summed E-state index contributed by atoms with van der Waals surface area (Å²) in [5.41, 5.74) is 1.26. The monoisotopic (exact) mass is 241 g/mol. The van der Waals surface area contributed by atoms with Crippen LogP contribution in [0.2, 0.25) is 0 Å². The lowest BCUT2D eigenvalue weighted by molar-refractivity contribution is 0.817. The van der Waals surface area contributed by atoms with Crippen molar-refractivity contribution in [3.05, 3.63) is 36.0 Å². The molecule has 3 rings (SSSR count). The number of nitrogens with zero attached hydrogens (tertiary/aromatic N) is 2. The van der Waals surface area contributed by atoms with Crippen molar-refractivity contribution in [1.29, 1.82) is 0 Å². The molecule has 1 N–H and O–H groups in total. The van der Waals surface area contributed by atoms with Crippen LogP contribution in [0.15, 0.2) is 30.5 Å². The standard InChI is InChI=1S/C15H19N3/c1-16-9-11-10-17-15(18(2)12-7-8-12)14-6-4-3-5-13(11)14/h3-6,10,12,16H,7-9H2,1-2H3. The molecule has 1 aliphatic carbocycles. The Balaban J connectivity index is 2.12. The highest BCUT2D eigenvalue weighted by Gasteiger charge is 2.28. The Morgan fingerprint density at radius 1 is 1.28 bits per heavy atom. The molecule has 1 fully saturated rings. The second-order valence-corrected chi connectivity index (χ2v) is 5.03. The van der Waals surface area contributed by atoms with Gasteiger partial charge in [-0.25, -0.2) is 4.98 Å². The van der Waals surface area contributed by atoms with E-state index in [1.807, 2.05) is 13.2 Å². The fourth-order valence-electron chi connectivity index (χ4n) is 2.48. The summed E-state index contributed by atoms with van der Waals surface area (Å²) in [6.07, 6.45) is 4.60. The zero-order valence-corrected chi connectivity index (χ0v) is 11.0. The first-order valence-electron chi connectivity index (χ1n) is 6.55. The van der Waals surface area contributed by atoms with Crippen LogP contribution >= 0.6 is 0 Å². The van der Waals surface area contributed by atoms with Crippen LogP contribution in [0.25, 0.3) is 10.8 Å². The van der Waals surface area contributed by atoms with E-state index in [9.17, 15) is 0 Å². The first-order valence-corrected chi connectivity index (χ1v) is 6.55. The van der Waals surface area contributed by atoms with Crippen LogP contribution in [0.4, 0.5) is 5.82 Å². The lowest BCUT2D eigenvalue weighted by atomic mass is 10.1. The van der Waals surface area contributed by atoms with Gasteiger partial charge in [0.05, 0.1) is 0 Å². The molecule has 0 bridgehead atoms. The highest BCUT2D eigenvalue weighted by atomic mass is 15.2. The van der Waals surface area contributed by atoms with E-state index in [4.69, 9.17) is 0 Å². The third-order valence-electron chi connectivity index (χ3n) is 3.65. The second-order valence-electron chi connectivity index (χ2n) is 5.03. The molecule has 0 saturated heterocycles. The van der Waals surface area contributed by atoms with Crippen molar-refractivity contribution in [3.8, 4) is 0 Å². The molecule has 0 spiro atoms. The third-order valence-corrected chi connectivity index (χ3v) is 3.65. The van der Waals surface area contributed by atoms with Gasteiger partial charge < -0.3 is 10.2 Å². The minimum Gasteiger partial charge on any atom is -0.356 e. The van der Waals surface area contributed by atoms with Crippen LogP contribution in [0.5, 0.6) is 0 Å². The molecule has 0 atom stereocenters. The summed E-state index contributed by atoms with van der Waals surface area (Å²) in [6.45, 7) is 0.862. The lowest BCUT2D eigenvalue weighted by Crippen LogP contribution is -2.21. The number of anilines is 1. The Morgan fingerprint density at radius 3 is 2.67 bits per heavy atom. The molecule has 1 aromatic heterocycles. The van der Waals surface area contributed by atoms with E-state index < -0.39 is 0 Å². The predicted octanol–water partition coefficient (Wildman–Crippen LogP) is 2.55. The molecule has 3 nitrogen and oxygen atoms in total. The molecule has 1 heterocycles. The van der Waals surface area contributed by atoms with Crippen molar-refractivity contribution in [1.82, 2.24) is 10.3 Å². The second kappa shape index (κ2) is 4.58. The van der Waals surface area contributed by atoms with E-state index in [-0.39, 0.29) is 0 Å². The molecule has 1 saturated carbocycles.